The van der Waals surface area contributed by atoms with Crippen LogP contribution in [-0.4, -0.2) is 50.1 Å². The van der Waals surface area contributed by atoms with Gasteiger partial charge in [-0.15, -0.1) is 0 Å². The Morgan fingerprint density at radius 3 is 2.43 bits per heavy atom. The molecule has 0 saturated carbocycles. The molecule has 2 rings (SSSR count). The quantitative estimate of drug-likeness (QED) is 0.850. The molecule has 1 heterocycles. The Kier molecular flexibility index (Phi) is 5.53. The van der Waals surface area contributed by atoms with Crippen molar-refractivity contribution in [2.45, 2.75) is 31.8 Å². The summed E-state index contributed by atoms with van der Waals surface area (Å²) in [6, 6.07) is 3.34. The lowest BCUT2D eigenvalue weighted by Crippen LogP contribution is -2.30. The van der Waals surface area contributed by atoms with Crippen LogP contribution in [0.25, 0.3) is 0 Å². The van der Waals surface area contributed by atoms with Crippen LogP contribution in [0, 0.1) is 11.6 Å². The summed E-state index contributed by atoms with van der Waals surface area (Å²) >= 11 is 0. The molecule has 1 aromatic carbocycles. The Hall–Kier alpha value is -1.20. The predicted octanol–water partition coefficient (Wildman–Crippen LogP) is 2.89. The van der Waals surface area contributed by atoms with E-state index in [4.69, 9.17) is 4.74 Å². The maximum Gasteiger partial charge on any atom is 0.190 e. The second-order valence-corrected chi connectivity index (χ2v) is 5.92. The molecule has 21 heavy (non-hydrogen) atoms. The zero-order valence-corrected chi connectivity index (χ0v) is 13.0. The Balaban J connectivity index is 2.02. The van der Waals surface area contributed by atoms with E-state index in [-0.39, 0.29) is 5.75 Å². The second kappa shape index (κ2) is 7.18. The first-order valence-corrected chi connectivity index (χ1v) is 7.42. The van der Waals surface area contributed by atoms with E-state index >= 15 is 0 Å². The lowest BCUT2D eigenvalue weighted by atomic mass is 10.1. The van der Waals surface area contributed by atoms with Gasteiger partial charge in [-0.2, -0.15) is 0 Å². The van der Waals surface area contributed by atoms with Gasteiger partial charge >= 0.3 is 0 Å². The lowest BCUT2D eigenvalue weighted by Gasteiger charge is -2.23. The van der Waals surface area contributed by atoms with Crippen molar-refractivity contribution in [3.63, 3.8) is 0 Å². The number of methoxy groups -OCH3 is 1. The summed E-state index contributed by atoms with van der Waals surface area (Å²) < 4.78 is 32.2. The Morgan fingerprint density at radius 1 is 1.19 bits per heavy atom. The molecule has 0 bridgehead atoms. The van der Waals surface area contributed by atoms with E-state index in [1.54, 1.807) is 0 Å². The van der Waals surface area contributed by atoms with E-state index in [9.17, 15) is 8.78 Å². The van der Waals surface area contributed by atoms with Crippen molar-refractivity contribution in [2.75, 3.05) is 34.3 Å². The van der Waals surface area contributed by atoms with Gasteiger partial charge in [-0.1, -0.05) is 0 Å². The van der Waals surface area contributed by atoms with Crippen LogP contribution in [0.5, 0.6) is 5.75 Å². The summed E-state index contributed by atoms with van der Waals surface area (Å²) in [4.78, 5) is 4.53. The normalized spacial score (nSPS) is 20.6. The molecule has 0 aliphatic carbocycles. The van der Waals surface area contributed by atoms with E-state index < -0.39 is 11.6 Å². The highest BCUT2D eigenvalue weighted by molar-refractivity contribution is 5.31. The minimum Gasteiger partial charge on any atom is -0.491 e. The van der Waals surface area contributed by atoms with Gasteiger partial charge in [0.15, 0.2) is 17.4 Å². The number of nitrogens with zero attached hydrogens (tertiary/aromatic N) is 2. The Bertz CT molecular complexity index is 456. The molecule has 0 spiro atoms. The molecule has 1 aliphatic rings. The minimum absolute atomic E-state index is 0.303. The van der Waals surface area contributed by atoms with Crippen molar-refractivity contribution >= 4 is 0 Å². The van der Waals surface area contributed by atoms with Crippen molar-refractivity contribution in [1.82, 2.24) is 9.80 Å². The first-order valence-electron chi connectivity index (χ1n) is 7.42. The molecule has 1 aliphatic heterocycles. The van der Waals surface area contributed by atoms with Crippen molar-refractivity contribution in [1.29, 1.82) is 0 Å². The van der Waals surface area contributed by atoms with Crippen molar-refractivity contribution < 1.29 is 13.5 Å². The topological polar surface area (TPSA) is 15.7 Å². The fourth-order valence-electron chi connectivity index (χ4n) is 2.97. The van der Waals surface area contributed by atoms with Gasteiger partial charge in [0.05, 0.1) is 7.11 Å². The van der Waals surface area contributed by atoms with Crippen LogP contribution in [0.15, 0.2) is 12.1 Å². The van der Waals surface area contributed by atoms with Gasteiger partial charge in [0.2, 0.25) is 0 Å². The second-order valence-electron chi connectivity index (χ2n) is 5.92. The predicted molar refractivity (Wildman–Crippen MR) is 79.5 cm³/mol. The molecule has 0 N–H and O–H groups in total. The average Bonchev–Trinajstić information content (AvgIpc) is 2.64. The molecule has 0 aromatic heterocycles. The third-order valence-corrected chi connectivity index (χ3v) is 4.19. The molecule has 0 unspecified atom stereocenters. The number of rotatable bonds is 4. The van der Waals surface area contributed by atoms with Gasteiger partial charge in [-0.25, -0.2) is 8.78 Å². The fraction of sp³-hybridized carbons (Fsp3) is 0.625. The van der Waals surface area contributed by atoms with Crippen LogP contribution in [-0.2, 0) is 6.54 Å². The van der Waals surface area contributed by atoms with Gasteiger partial charge in [0, 0.05) is 12.6 Å². The summed E-state index contributed by atoms with van der Waals surface area (Å²) in [5.41, 5.74) is 0.661. The lowest BCUT2D eigenvalue weighted by molar-refractivity contribution is 0.245. The number of likely N-dealkylation sites (tertiary alicyclic amines) is 1. The SMILES string of the molecule is COc1c(F)cc(CN2CCC[C@@H](N(C)C)CC2)cc1F. The standard InChI is InChI=1S/C16H24F2N2O/c1-19(2)13-5-4-7-20(8-6-13)11-12-9-14(17)16(21-3)15(18)10-12/h9-10,13H,4-8,11H2,1-3H3/t13-/m1/s1. The van der Waals surface area contributed by atoms with Gasteiger partial charge in [0.25, 0.3) is 0 Å². The number of hydrogen-bond donors (Lipinski definition) is 0. The van der Waals surface area contributed by atoms with E-state index in [1.807, 2.05) is 0 Å². The summed E-state index contributed by atoms with van der Waals surface area (Å²) in [5.74, 6) is -1.57. The van der Waals surface area contributed by atoms with Crippen molar-refractivity contribution in [3.05, 3.63) is 29.3 Å². The van der Waals surface area contributed by atoms with Crippen molar-refractivity contribution in [3.8, 4) is 5.75 Å². The third kappa shape index (κ3) is 4.14. The number of benzene rings is 1. The van der Waals surface area contributed by atoms with Crippen LogP contribution in [0.1, 0.15) is 24.8 Å². The summed E-state index contributed by atoms with van der Waals surface area (Å²) in [5, 5.41) is 0. The molecule has 1 atom stereocenters. The van der Waals surface area contributed by atoms with Gasteiger partial charge in [-0.05, 0) is 64.1 Å². The maximum atomic E-state index is 13.7. The van der Waals surface area contributed by atoms with E-state index in [2.05, 4.69) is 23.9 Å². The molecule has 5 heteroatoms. The van der Waals surface area contributed by atoms with Gasteiger partial charge in [0.1, 0.15) is 0 Å². The smallest absolute Gasteiger partial charge is 0.190 e. The maximum absolute atomic E-state index is 13.7. The Morgan fingerprint density at radius 2 is 1.86 bits per heavy atom. The summed E-state index contributed by atoms with van der Waals surface area (Å²) in [6.07, 6.45) is 3.38. The molecule has 1 saturated heterocycles. The number of halogens is 2. The largest absolute Gasteiger partial charge is 0.491 e. The van der Waals surface area contributed by atoms with Crippen molar-refractivity contribution in [2.24, 2.45) is 0 Å². The van der Waals surface area contributed by atoms with Crippen LogP contribution in [0.2, 0.25) is 0 Å². The zero-order chi connectivity index (χ0) is 15.4. The highest BCUT2D eigenvalue weighted by Crippen LogP contribution is 2.24. The first-order chi connectivity index (χ1) is 10.0. The summed E-state index contributed by atoms with van der Waals surface area (Å²) in [7, 11) is 5.49. The third-order valence-electron chi connectivity index (χ3n) is 4.19. The number of ether oxygens (including phenoxy) is 1. The monoisotopic (exact) mass is 298 g/mol. The van der Waals surface area contributed by atoms with Crippen LogP contribution in [0.4, 0.5) is 8.78 Å². The van der Waals surface area contributed by atoms with Crippen LogP contribution >= 0.6 is 0 Å². The number of hydrogen-bond acceptors (Lipinski definition) is 3. The molecule has 1 fully saturated rings. The van der Waals surface area contributed by atoms with E-state index in [1.165, 1.54) is 25.7 Å². The molecule has 3 nitrogen and oxygen atoms in total. The minimum atomic E-state index is -0.631. The average molecular weight is 298 g/mol. The highest BCUT2D eigenvalue weighted by Gasteiger charge is 2.19. The van der Waals surface area contributed by atoms with E-state index in [0.717, 1.165) is 25.9 Å². The molecular weight excluding hydrogens is 274 g/mol. The van der Waals surface area contributed by atoms with E-state index in [0.29, 0.717) is 18.2 Å². The molecule has 0 amide bonds. The van der Waals surface area contributed by atoms with Crippen LogP contribution < -0.4 is 4.74 Å². The molecule has 118 valence electrons. The molecular formula is C16H24F2N2O. The highest BCUT2D eigenvalue weighted by atomic mass is 19.1. The van der Waals surface area contributed by atoms with Gasteiger partial charge < -0.3 is 9.64 Å². The first kappa shape index (κ1) is 16.2. The molecule has 0 radical (unpaired) electrons. The zero-order valence-electron chi connectivity index (χ0n) is 13.0. The summed E-state index contributed by atoms with van der Waals surface area (Å²) in [6.45, 7) is 2.51. The fourth-order valence-corrected chi connectivity index (χ4v) is 2.97. The molecule has 1 aromatic rings. The van der Waals surface area contributed by atoms with Gasteiger partial charge in [-0.3, -0.25) is 4.90 Å². The Labute approximate surface area is 125 Å². The van der Waals surface area contributed by atoms with Crippen LogP contribution in [0.3, 0.4) is 0 Å².